The van der Waals surface area contributed by atoms with Crippen molar-refractivity contribution in [2.75, 3.05) is 0 Å². The quantitative estimate of drug-likeness (QED) is 0.495. The molecule has 0 unspecified atom stereocenters. The molecule has 80 valence electrons. The Balaban J connectivity index is 3.63. The average Bonchev–Trinajstić information content (AvgIpc) is 2.10. The molecule has 1 rings (SSSR count). The predicted octanol–water partition coefficient (Wildman–Crippen LogP) is 2.75. The molecule has 0 bridgehead atoms. The van der Waals surface area contributed by atoms with Crippen LogP contribution in [0.15, 0.2) is 11.0 Å². The van der Waals surface area contributed by atoms with Gasteiger partial charge in [-0.15, -0.1) is 12.6 Å². The van der Waals surface area contributed by atoms with Crippen molar-refractivity contribution in [1.82, 2.24) is 0 Å². The number of nitro groups is 2. The van der Waals surface area contributed by atoms with Gasteiger partial charge in [0.05, 0.1) is 9.85 Å². The van der Waals surface area contributed by atoms with Crippen LogP contribution in [-0.4, -0.2) is 9.85 Å². The first kappa shape index (κ1) is 11.7. The highest BCUT2D eigenvalue weighted by atomic mass is 35.5. The van der Waals surface area contributed by atoms with Crippen molar-refractivity contribution >= 4 is 35.6 Å². The molecule has 1 aromatic carbocycles. The van der Waals surface area contributed by atoms with Crippen LogP contribution in [0.4, 0.5) is 11.4 Å². The SMILES string of the molecule is Cc1cc([N+](=O)[O-])c(S)c([N+](=O)[O-])c1Cl. The summed E-state index contributed by atoms with van der Waals surface area (Å²) in [6.45, 7) is 1.45. The fourth-order valence-electron chi connectivity index (χ4n) is 1.05. The zero-order valence-electron chi connectivity index (χ0n) is 7.43. The molecule has 0 heterocycles. The van der Waals surface area contributed by atoms with E-state index in [0.29, 0.717) is 0 Å². The Morgan fingerprint density at radius 2 is 1.87 bits per heavy atom. The summed E-state index contributed by atoms with van der Waals surface area (Å²) < 4.78 is 0. The Hall–Kier alpha value is -1.34. The lowest BCUT2D eigenvalue weighted by atomic mass is 10.2. The van der Waals surface area contributed by atoms with Gasteiger partial charge in [-0.25, -0.2) is 0 Å². The first-order chi connectivity index (χ1) is 6.86. The molecule has 0 aliphatic rings. The van der Waals surface area contributed by atoms with E-state index in [1.807, 2.05) is 0 Å². The van der Waals surface area contributed by atoms with Crippen LogP contribution in [0.25, 0.3) is 0 Å². The molecular formula is C7H5ClN2O4S. The summed E-state index contributed by atoms with van der Waals surface area (Å²) in [5, 5.41) is 21.0. The topological polar surface area (TPSA) is 86.3 Å². The largest absolute Gasteiger partial charge is 0.308 e. The van der Waals surface area contributed by atoms with E-state index in [2.05, 4.69) is 12.6 Å². The van der Waals surface area contributed by atoms with Gasteiger partial charge in [0.1, 0.15) is 5.02 Å². The lowest BCUT2D eigenvalue weighted by Gasteiger charge is -2.03. The third-order valence-electron chi connectivity index (χ3n) is 1.75. The summed E-state index contributed by atoms with van der Waals surface area (Å²) in [5.41, 5.74) is -0.688. The third-order valence-corrected chi connectivity index (χ3v) is 2.67. The lowest BCUT2D eigenvalue weighted by Crippen LogP contribution is -1.98. The van der Waals surface area contributed by atoms with Crippen LogP contribution in [0.3, 0.4) is 0 Å². The molecule has 0 amide bonds. The molecule has 8 heteroatoms. The minimum atomic E-state index is -0.787. The average molecular weight is 249 g/mol. The minimum absolute atomic E-state index is 0.129. The van der Waals surface area contributed by atoms with Gasteiger partial charge in [-0.1, -0.05) is 11.6 Å². The molecule has 0 saturated carbocycles. The van der Waals surface area contributed by atoms with Crippen molar-refractivity contribution in [3.8, 4) is 0 Å². The summed E-state index contributed by atoms with van der Waals surface area (Å²) in [6, 6.07) is 1.15. The Kier molecular flexibility index (Phi) is 3.15. The van der Waals surface area contributed by atoms with Crippen molar-refractivity contribution in [2.45, 2.75) is 11.8 Å². The van der Waals surface area contributed by atoms with E-state index in [1.165, 1.54) is 6.92 Å². The zero-order valence-corrected chi connectivity index (χ0v) is 9.08. The summed E-state index contributed by atoms with van der Waals surface area (Å²) in [7, 11) is 0. The van der Waals surface area contributed by atoms with Gasteiger partial charge in [-0.2, -0.15) is 0 Å². The van der Waals surface area contributed by atoms with Gasteiger partial charge in [0.15, 0.2) is 4.90 Å². The first-order valence-corrected chi connectivity index (χ1v) is 4.49. The van der Waals surface area contributed by atoms with Gasteiger partial charge >= 0.3 is 5.69 Å². The number of aryl methyl sites for hydroxylation is 1. The second-order valence-electron chi connectivity index (χ2n) is 2.74. The molecule has 0 radical (unpaired) electrons. The van der Waals surface area contributed by atoms with E-state index in [-0.39, 0.29) is 15.5 Å². The second kappa shape index (κ2) is 4.03. The molecule has 0 aliphatic carbocycles. The number of halogens is 1. The van der Waals surface area contributed by atoms with E-state index < -0.39 is 21.2 Å². The fourth-order valence-corrected chi connectivity index (χ4v) is 1.68. The van der Waals surface area contributed by atoms with Crippen molar-refractivity contribution in [3.63, 3.8) is 0 Å². The molecule has 0 aromatic heterocycles. The third kappa shape index (κ3) is 2.02. The van der Waals surface area contributed by atoms with Crippen LogP contribution in [0.2, 0.25) is 5.02 Å². The highest BCUT2D eigenvalue weighted by Crippen LogP contribution is 2.39. The fraction of sp³-hybridized carbons (Fsp3) is 0.143. The minimum Gasteiger partial charge on any atom is -0.258 e. The molecule has 0 spiro atoms. The van der Waals surface area contributed by atoms with Gasteiger partial charge in [0.25, 0.3) is 5.69 Å². The standard InChI is InChI=1S/C7H5ClN2O4S/c1-3-2-4(9(11)12)7(15)6(5(3)8)10(13)14/h2,15H,1H3. The molecule has 0 fully saturated rings. The van der Waals surface area contributed by atoms with Crippen LogP contribution in [0.1, 0.15) is 5.56 Å². The highest BCUT2D eigenvalue weighted by molar-refractivity contribution is 7.80. The Bertz CT molecular complexity index is 463. The number of nitro benzene ring substituents is 2. The summed E-state index contributed by atoms with van der Waals surface area (Å²) in [5.74, 6) is 0. The molecule has 0 aliphatic heterocycles. The number of benzene rings is 1. The Morgan fingerprint density at radius 1 is 1.33 bits per heavy atom. The number of hydrogen-bond acceptors (Lipinski definition) is 5. The Morgan fingerprint density at radius 3 is 2.27 bits per heavy atom. The van der Waals surface area contributed by atoms with E-state index in [0.717, 1.165) is 6.07 Å². The number of rotatable bonds is 2. The molecule has 6 nitrogen and oxygen atoms in total. The summed E-state index contributed by atoms with van der Waals surface area (Å²) in [6.07, 6.45) is 0. The van der Waals surface area contributed by atoms with E-state index >= 15 is 0 Å². The second-order valence-corrected chi connectivity index (χ2v) is 3.56. The molecular weight excluding hydrogens is 244 g/mol. The van der Waals surface area contributed by atoms with Gasteiger partial charge in [-0.3, -0.25) is 20.2 Å². The maximum absolute atomic E-state index is 10.6. The van der Waals surface area contributed by atoms with E-state index in [4.69, 9.17) is 11.6 Å². The van der Waals surface area contributed by atoms with Gasteiger partial charge in [0, 0.05) is 6.07 Å². The molecule has 15 heavy (non-hydrogen) atoms. The van der Waals surface area contributed by atoms with Crippen LogP contribution in [0.5, 0.6) is 0 Å². The number of thiol groups is 1. The maximum Gasteiger partial charge on any atom is 0.308 e. The van der Waals surface area contributed by atoms with E-state index in [1.54, 1.807) is 0 Å². The number of hydrogen-bond donors (Lipinski definition) is 1. The highest BCUT2D eigenvalue weighted by Gasteiger charge is 2.27. The molecule has 0 saturated heterocycles. The maximum atomic E-state index is 10.6. The van der Waals surface area contributed by atoms with Crippen molar-refractivity contribution in [3.05, 3.63) is 36.9 Å². The normalized spacial score (nSPS) is 10.1. The molecule has 0 N–H and O–H groups in total. The monoisotopic (exact) mass is 248 g/mol. The van der Waals surface area contributed by atoms with Crippen LogP contribution in [-0.2, 0) is 0 Å². The van der Waals surface area contributed by atoms with Crippen molar-refractivity contribution in [1.29, 1.82) is 0 Å². The lowest BCUT2D eigenvalue weighted by molar-refractivity contribution is -0.399. The molecule has 0 atom stereocenters. The zero-order chi connectivity index (χ0) is 11.7. The van der Waals surface area contributed by atoms with Gasteiger partial charge in [0.2, 0.25) is 0 Å². The van der Waals surface area contributed by atoms with Crippen molar-refractivity contribution < 1.29 is 9.85 Å². The summed E-state index contributed by atoms with van der Waals surface area (Å²) >= 11 is 9.40. The van der Waals surface area contributed by atoms with E-state index in [9.17, 15) is 20.2 Å². The van der Waals surface area contributed by atoms with Crippen LogP contribution < -0.4 is 0 Å². The summed E-state index contributed by atoms with van der Waals surface area (Å²) in [4.78, 5) is 19.3. The van der Waals surface area contributed by atoms with Gasteiger partial charge < -0.3 is 0 Å². The van der Waals surface area contributed by atoms with Crippen LogP contribution in [0, 0.1) is 27.2 Å². The predicted molar refractivity (Wildman–Crippen MR) is 56.7 cm³/mol. The Labute approximate surface area is 94.6 Å². The van der Waals surface area contributed by atoms with Crippen LogP contribution >= 0.6 is 24.2 Å². The first-order valence-electron chi connectivity index (χ1n) is 3.67. The van der Waals surface area contributed by atoms with Crippen molar-refractivity contribution in [2.24, 2.45) is 0 Å². The van der Waals surface area contributed by atoms with Gasteiger partial charge in [-0.05, 0) is 12.5 Å². The number of nitrogens with zero attached hydrogens (tertiary/aromatic N) is 2. The molecule has 1 aromatic rings. The smallest absolute Gasteiger partial charge is 0.258 e.